The predicted octanol–water partition coefficient (Wildman–Crippen LogP) is 3.15. The third-order valence-electron chi connectivity index (χ3n) is 2.71. The van der Waals surface area contributed by atoms with Crippen LogP contribution < -0.4 is 0 Å². The number of carbonyl (C=O) groups is 1. The summed E-state index contributed by atoms with van der Waals surface area (Å²) in [6.07, 6.45) is 1.04. The summed E-state index contributed by atoms with van der Waals surface area (Å²) in [7, 11) is 0. The molecule has 20 heavy (non-hydrogen) atoms. The predicted molar refractivity (Wildman–Crippen MR) is 76.9 cm³/mol. The van der Waals surface area contributed by atoms with Gasteiger partial charge in [-0.15, -0.1) is 0 Å². The van der Waals surface area contributed by atoms with Crippen LogP contribution in [0.25, 0.3) is 0 Å². The van der Waals surface area contributed by atoms with Gasteiger partial charge in [-0.2, -0.15) is 0 Å². The van der Waals surface area contributed by atoms with Crippen molar-refractivity contribution in [3.05, 3.63) is 33.1 Å². The van der Waals surface area contributed by atoms with Crippen LogP contribution in [0.2, 0.25) is 5.15 Å². The van der Waals surface area contributed by atoms with E-state index in [0.29, 0.717) is 6.54 Å². The lowest BCUT2D eigenvalue weighted by Crippen LogP contribution is -2.39. The zero-order valence-electron chi connectivity index (χ0n) is 12.0. The maximum Gasteiger partial charge on any atom is 0.288 e. The molecule has 0 aliphatic heterocycles. The topological polar surface area (TPSA) is 76.3 Å². The van der Waals surface area contributed by atoms with Crippen molar-refractivity contribution in [1.82, 2.24) is 9.88 Å². The van der Waals surface area contributed by atoms with Gasteiger partial charge in [-0.3, -0.25) is 14.9 Å². The Hall–Kier alpha value is -1.69. The van der Waals surface area contributed by atoms with Crippen LogP contribution in [-0.2, 0) is 0 Å². The summed E-state index contributed by atoms with van der Waals surface area (Å²) < 4.78 is 0. The second-order valence-corrected chi connectivity index (χ2v) is 5.59. The van der Waals surface area contributed by atoms with E-state index in [2.05, 4.69) is 4.98 Å². The maximum absolute atomic E-state index is 12.5. The molecular formula is C13H18ClN3O3. The number of hydrogen-bond donors (Lipinski definition) is 0. The lowest BCUT2D eigenvalue weighted by molar-refractivity contribution is -0.385. The molecule has 0 saturated heterocycles. The van der Waals surface area contributed by atoms with Crippen LogP contribution in [0, 0.1) is 16.0 Å². The van der Waals surface area contributed by atoms with Gasteiger partial charge in [-0.1, -0.05) is 25.4 Å². The number of hydrogen-bond acceptors (Lipinski definition) is 4. The fraction of sp³-hybridized carbons (Fsp3) is 0.538. The molecule has 110 valence electrons. The minimum absolute atomic E-state index is 0.0185. The Morgan fingerprint density at radius 3 is 2.50 bits per heavy atom. The zero-order valence-corrected chi connectivity index (χ0v) is 12.7. The summed E-state index contributed by atoms with van der Waals surface area (Å²) in [5, 5.41) is 10.7. The van der Waals surface area contributed by atoms with Crippen molar-refractivity contribution in [3.63, 3.8) is 0 Å². The van der Waals surface area contributed by atoms with E-state index in [9.17, 15) is 14.9 Å². The van der Waals surface area contributed by atoms with Gasteiger partial charge < -0.3 is 4.90 Å². The Labute approximate surface area is 122 Å². The van der Waals surface area contributed by atoms with Crippen molar-refractivity contribution < 1.29 is 9.72 Å². The highest BCUT2D eigenvalue weighted by Crippen LogP contribution is 2.22. The lowest BCUT2D eigenvalue weighted by Gasteiger charge is -2.28. The molecule has 1 aromatic heterocycles. The number of aromatic nitrogens is 1. The van der Waals surface area contributed by atoms with Crippen molar-refractivity contribution in [1.29, 1.82) is 0 Å². The number of halogens is 1. The minimum Gasteiger partial charge on any atom is -0.336 e. The molecule has 0 spiro atoms. The highest BCUT2D eigenvalue weighted by molar-refractivity contribution is 6.32. The molecule has 1 amide bonds. The van der Waals surface area contributed by atoms with E-state index in [1.165, 1.54) is 6.07 Å². The smallest absolute Gasteiger partial charge is 0.288 e. The molecule has 7 heteroatoms. The molecular weight excluding hydrogens is 282 g/mol. The normalized spacial score (nSPS) is 10.9. The quantitative estimate of drug-likeness (QED) is 0.475. The summed E-state index contributed by atoms with van der Waals surface area (Å²) in [6.45, 7) is 8.32. The van der Waals surface area contributed by atoms with Gasteiger partial charge in [0.1, 0.15) is 11.3 Å². The van der Waals surface area contributed by atoms with Crippen LogP contribution in [0.1, 0.15) is 38.1 Å². The lowest BCUT2D eigenvalue weighted by atomic mass is 10.1. The molecule has 6 nitrogen and oxygen atoms in total. The van der Waals surface area contributed by atoms with E-state index in [-0.39, 0.29) is 34.3 Å². The third kappa shape index (κ3) is 3.90. The zero-order chi connectivity index (χ0) is 15.4. The Bertz CT molecular complexity index is 518. The van der Waals surface area contributed by atoms with E-state index >= 15 is 0 Å². The summed E-state index contributed by atoms with van der Waals surface area (Å²) >= 11 is 5.90. The second kappa shape index (κ2) is 6.65. The van der Waals surface area contributed by atoms with Crippen molar-refractivity contribution >= 4 is 23.2 Å². The number of nitro groups is 1. The Balaban J connectivity index is 3.17. The monoisotopic (exact) mass is 299 g/mol. The van der Waals surface area contributed by atoms with Crippen molar-refractivity contribution in [3.8, 4) is 0 Å². The van der Waals surface area contributed by atoms with Gasteiger partial charge in [0.2, 0.25) is 0 Å². The van der Waals surface area contributed by atoms with Gasteiger partial charge >= 0.3 is 0 Å². The summed E-state index contributed by atoms with van der Waals surface area (Å²) in [5.41, 5.74) is -0.179. The molecule has 0 aliphatic rings. The van der Waals surface area contributed by atoms with Crippen LogP contribution in [-0.4, -0.2) is 33.3 Å². The molecule has 0 bridgehead atoms. The highest BCUT2D eigenvalue weighted by atomic mass is 35.5. The molecule has 0 unspecified atom stereocenters. The first-order valence-corrected chi connectivity index (χ1v) is 6.72. The maximum atomic E-state index is 12.5. The average molecular weight is 300 g/mol. The van der Waals surface area contributed by atoms with E-state index in [4.69, 9.17) is 11.6 Å². The van der Waals surface area contributed by atoms with E-state index < -0.39 is 4.92 Å². The highest BCUT2D eigenvalue weighted by Gasteiger charge is 2.24. The number of amides is 1. The van der Waals surface area contributed by atoms with E-state index in [0.717, 1.165) is 6.20 Å². The summed E-state index contributed by atoms with van der Waals surface area (Å²) in [4.78, 5) is 28.0. The summed E-state index contributed by atoms with van der Waals surface area (Å²) in [6, 6.07) is 1.15. The molecule has 0 N–H and O–H groups in total. The molecule has 0 saturated carbocycles. The molecule has 0 atom stereocenters. The largest absolute Gasteiger partial charge is 0.336 e. The Kier molecular flexibility index (Phi) is 5.44. The van der Waals surface area contributed by atoms with Gasteiger partial charge in [-0.05, 0) is 19.8 Å². The molecule has 1 aromatic rings. The number of carbonyl (C=O) groups excluding carboxylic acids is 1. The van der Waals surface area contributed by atoms with Gasteiger partial charge in [0, 0.05) is 18.7 Å². The second-order valence-electron chi connectivity index (χ2n) is 5.23. The van der Waals surface area contributed by atoms with Gasteiger partial charge in [-0.25, -0.2) is 4.98 Å². The molecule has 0 fully saturated rings. The minimum atomic E-state index is -0.595. The third-order valence-corrected chi connectivity index (χ3v) is 3.01. The van der Waals surface area contributed by atoms with Crippen LogP contribution in [0.5, 0.6) is 0 Å². The molecule has 0 radical (unpaired) electrons. The van der Waals surface area contributed by atoms with Crippen LogP contribution in [0.3, 0.4) is 0 Å². The Morgan fingerprint density at radius 2 is 2.05 bits per heavy atom. The first kappa shape index (κ1) is 16.4. The Morgan fingerprint density at radius 1 is 1.45 bits per heavy atom. The van der Waals surface area contributed by atoms with Crippen LogP contribution in [0.4, 0.5) is 5.69 Å². The summed E-state index contributed by atoms with van der Waals surface area (Å²) in [5.74, 6) is -0.0540. The fourth-order valence-corrected chi connectivity index (χ4v) is 1.95. The number of rotatable bonds is 5. The van der Waals surface area contributed by atoms with Crippen molar-refractivity contribution in [2.75, 3.05) is 6.54 Å². The molecule has 1 heterocycles. The first-order chi connectivity index (χ1) is 9.23. The number of pyridine rings is 1. The molecule has 1 rings (SSSR count). The first-order valence-electron chi connectivity index (χ1n) is 6.35. The van der Waals surface area contributed by atoms with Crippen molar-refractivity contribution in [2.45, 2.75) is 33.7 Å². The van der Waals surface area contributed by atoms with Gasteiger partial charge in [0.15, 0.2) is 0 Å². The van der Waals surface area contributed by atoms with Gasteiger partial charge in [0.25, 0.3) is 11.6 Å². The van der Waals surface area contributed by atoms with E-state index in [1.807, 2.05) is 27.7 Å². The number of nitrogens with zero attached hydrogens (tertiary/aromatic N) is 3. The average Bonchev–Trinajstić information content (AvgIpc) is 2.34. The van der Waals surface area contributed by atoms with Crippen LogP contribution in [0.15, 0.2) is 12.3 Å². The van der Waals surface area contributed by atoms with Gasteiger partial charge in [0.05, 0.1) is 10.5 Å². The van der Waals surface area contributed by atoms with E-state index in [1.54, 1.807) is 4.90 Å². The SMILES string of the molecule is CC(C)CN(C(=O)c1cc([N+](=O)[O-])cnc1Cl)C(C)C. The standard InChI is InChI=1S/C13H18ClN3O3/c1-8(2)7-16(9(3)4)13(18)11-5-10(17(19)20)6-15-12(11)14/h5-6,8-9H,7H2,1-4H3. The molecule has 0 aliphatic carbocycles. The molecule has 0 aromatic carbocycles. The van der Waals surface area contributed by atoms with Crippen molar-refractivity contribution in [2.24, 2.45) is 5.92 Å². The fourth-order valence-electron chi connectivity index (χ4n) is 1.76. The van der Waals surface area contributed by atoms with Crippen LogP contribution >= 0.6 is 11.6 Å².